The van der Waals surface area contributed by atoms with E-state index in [0.717, 1.165) is 43.5 Å². The van der Waals surface area contributed by atoms with Crippen LogP contribution in [0.25, 0.3) is 77.1 Å². The Morgan fingerprint density at radius 3 is 1.58 bits per heavy atom. The summed E-state index contributed by atoms with van der Waals surface area (Å²) in [6.07, 6.45) is 0. The van der Waals surface area contributed by atoms with Gasteiger partial charge in [0.15, 0.2) is 0 Å². The monoisotopic (exact) mass is 588 g/mol. The third-order valence-corrected chi connectivity index (χ3v) is 10.0. The maximum Gasteiger partial charge on any atom is 0.262 e. The van der Waals surface area contributed by atoms with Gasteiger partial charge in [-0.05, 0) is 66.5 Å². The van der Waals surface area contributed by atoms with Gasteiger partial charge in [-0.2, -0.15) is 10.2 Å². The molecule has 0 amide bonds. The fraction of sp³-hybridized carbons (Fsp3) is 0.158. The van der Waals surface area contributed by atoms with Gasteiger partial charge in [0.2, 0.25) is 0 Å². The molecule has 0 spiro atoms. The zero-order valence-electron chi connectivity index (χ0n) is 30.6. The number of aryl methyl sites for hydroxylation is 2. The van der Waals surface area contributed by atoms with Crippen LogP contribution in [0, 0.1) is 13.7 Å². The highest BCUT2D eigenvalue weighted by Gasteiger charge is 2.45. The number of fused-ring (bicyclic) bond motifs is 12. The highest BCUT2D eigenvalue weighted by molar-refractivity contribution is 7.02. The first-order valence-corrected chi connectivity index (χ1v) is 15.1. The van der Waals surface area contributed by atoms with Crippen molar-refractivity contribution in [3.8, 4) is 11.4 Å². The quantitative estimate of drug-likeness (QED) is 0.176. The number of rotatable bonds is 0. The molecule has 2 aliphatic rings. The Morgan fingerprint density at radius 1 is 0.622 bits per heavy atom. The van der Waals surface area contributed by atoms with E-state index in [9.17, 15) is 0 Å². The summed E-state index contributed by atoms with van der Waals surface area (Å²) in [5.74, 6) is 0. The van der Waals surface area contributed by atoms with Crippen LogP contribution in [0.2, 0.25) is 0 Å². The lowest BCUT2D eigenvalue weighted by atomic mass is 9.33. The van der Waals surface area contributed by atoms with E-state index in [1.165, 1.54) is 0 Å². The topological polar surface area (TPSA) is 61.9 Å². The van der Waals surface area contributed by atoms with Gasteiger partial charge in [-0.25, -0.2) is 9.36 Å². The Morgan fingerprint density at radius 2 is 1.11 bits per heavy atom. The first-order chi connectivity index (χ1) is 24.2. The average molecular weight is 589 g/mol. The summed E-state index contributed by atoms with van der Waals surface area (Å²) >= 11 is 0. The van der Waals surface area contributed by atoms with E-state index in [2.05, 4.69) is 32.9 Å². The van der Waals surface area contributed by atoms with Crippen LogP contribution in [0.5, 0.6) is 0 Å². The fourth-order valence-corrected chi connectivity index (χ4v) is 7.99. The Kier molecular flexibility index (Phi) is 3.19. The lowest BCUT2D eigenvalue weighted by Crippen LogP contribution is -2.60. The third-order valence-electron chi connectivity index (χ3n) is 10.0. The summed E-state index contributed by atoms with van der Waals surface area (Å²) in [5, 5.41) is 14.1. The molecular formula is C38H27BN4O2. The van der Waals surface area contributed by atoms with Crippen molar-refractivity contribution in [1.29, 1.82) is 0 Å². The largest absolute Gasteiger partial charge is 0.457 e. The second kappa shape index (κ2) is 7.49. The molecule has 7 heteroatoms. The van der Waals surface area contributed by atoms with Crippen LogP contribution in [0.3, 0.4) is 0 Å². The van der Waals surface area contributed by atoms with Crippen molar-refractivity contribution in [1.82, 2.24) is 19.6 Å². The van der Waals surface area contributed by atoms with E-state index in [-0.39, 0.29) is 16.8 Å². The molecule has 5 aromatic carbocycles. The molecule has 0 saturated carbocycles. The molecule has 6 heterocycles. The highest BCUT2D eigenvalue weighted by atomic mass is 16.3. The minimum atomic E-state index is -2.51. The molecule has 2 aliphatic heterocycles. The van der Waals surface area contributed by atoms with Gasteiger partial charge >= 0.3 is 0 Å². The van der Waals surface area contributed by atoms with Gasteiger partial charge in [0.25, 0.3) is 6.71 Å². The molecule has 0 unspecified atom stereocenters. The minimum absolute atomic E-state index is 0.00834. The van der Waals surface area contributed by atoms with Crippen LogP contribution in [0.1, 0.15) is 45.9 Å². The Labute approximate surface area is 266 Å². The van der Waals surface area contributed by atoms with Crippen molar-refractivity contribution < 1.29 is 17.1 Å². The normalized spacial score (nSPS) is 16.4. The highest BCUT2D eigenvalue weighted by Crippen LogP contribution is 2.41. The second-order valence-corrected chi connectivity index (χ2v) is 13.5. The predicted molar refractivity (Wildman–Crippen MR) is 183 cm³/mol. The van der Waals surface area contributed by atoms with Crippen LogP contribution >= 0.6 is 0 Å². The molecule has 0 fully saturated rings. The molecule has 9 aromatic rings. The second-order valence-electron chi connectivity index (χ2n) is 13.5. The molecule has 0 aliphatic carbocycles. The Hall–Kier alpha value is -5.30. The SMILES string of the molecule is [2H]C([2H])([2H])c1nn2c3c(c4oc5ccccc5c4cc13)B1c3c-2cc(C(C)(C)C)cc3-n2nc(C([2H])([2H])[2H])c3cc4c(oc5ccccc54)c1c32. The third kappa shape index (κ3) is 2.71. The minimum Gasteiger partial charge on any atom is -0.457 e. The molecule has 0 atom stereocenters. The summed E-state index contributed by atoms with van der Waals surface area (Å²) in [6.45, 7) is 0.771. The molecule has 0 bridgehead atoms. The van der Waals surface area contributed by atoms with Gasteiger partial charge in [0.05, 0.1) is 33.8 Å². The van der Waals surface area contributed by atoms with Crippen LogP contribution in [-0.2, 0) is 5.41 Å². The van der Waals surface area contributed by atoms with E-state index in [1.807, 2.05) is 60.7 Å². The Balaban J connectivity index is 1.45. The predicted octanol–water partition coefficient (Wildman–Crippen LogP) is 7.22. The molecular weight excluding hydrogens is 555 g/mol. The van der Waals surface area contributed by atoms with Crippen LogP contribution in [0.4, 0.5) is 0 Å². The van der Waals surface area contributed by atoms with E-state index in [1.54, 1.807) is 9.36 Å². The van der Waals surface area contributed by atoms with Gasteiger partial charge in [-0.3, -0.25) is 0 Å². The number of para-hydroxylation sites is 2. The zero-order valence-corrected chi connectivity index (χ0v) is 24.6. The van der Waals surface area contributed by atoms with Gasteiger partial charge < -0.3 is 8.83 Å². The summed E-state index contributed by atoms with van der Waals surface area (Å²) < 4.78 is 68.7. The first kappa shape index (κ1) is 19.2. The average Bonchev–Trinajstić information content (AvgIpc) is 3.84. The lowest BCUT2D eigenvalue weighted by molar-refractivity contribution is 0.589. The lowest BCUT2D eigenvalue weighted by Gasteiger charge is -2.33. The smallest absolute Gasteiger partial charge is 0.262 e. The molecule has 6 nitrogen and oxygen atoms in total. The molecule has 4 aromatic heterocycles. The van der Waals surface area contributed by atoms with E-state index in [0.29, 0.717) is 55.5 Å². The van der Waals surface area contributed by atoms with Gasteiger partial charge in [0.1, 0.15) is 22.3 Å². The van der Waals surface area contributed by atoms with Crippen molar-refractivity contribution in [2.24, 2.45) is 0 Å². The number of benzene rings is 5. The van der Waals surface area contributed by atoms with Crippen molar-refractivity contribution >= 4 is 88.8 Å². The van der Waals surface area contributed by atoms with Gasteiger partial charge in [0, 0.05) is 51.5 Å². The van der Waals surface area contributed by atoms with Crippen molar-refractivity contribution in [3.63, 3.8) is 0 Å². The molecule has 214 valence electrons. The standard InChI is InChI=1S/C38H27BN4O2/c1-18-23-16-25-21-10-6-8-12-29(21)44-36(25)32-34(23)42(40-18)27-14-20(38(3,4)5)15-28-31(27)39(32)33-35-24(19(2)41-43(28)35)17-26-22-11-7-9-13-30(22)45-37(26)33/h6-17H,1-5H3/i1D3,2D3. The number of hydrogen-bond donors (Lipinski definition) is 0. The summed E-state index contributed by atoms with van der Waals surface area (Å²) in [6, 6.07) is 23.5. The van der Waals surface area contributed by atoms with Crippen molar-refractivity contribution in [2.45, 2.75) is 39.9 Å². The van der Waals surface area contributed by atoms with Crippen molar-refractivity contribution in [3.05, 3.63) is 89.7 Å². The summed E-state index contributed by atoms with van der Waals surface area (Å²) in [5.41, 5.74) is 8.31. The maximum absolute atomic E-state index is 8.62. The summed E-state index contributed by atoms with van der Waals surface area (Å²) in [7, 11) is 0. The number of nitrogens with zero attached hydrogens (tertiary/aromatic N) is 4. The number of furan rings is 2. The number of hydrogen-bond acceptors (Lipinski definition) is 4. The summed E-state index contributed by atoms with van der Waals surface area (Å²) in [4.78, 5) is 0. The van der Waals surface area contributed by atoms with Crippen LogP contribution < -0.4 is 16.4 Å². The fourth-order valence-electron chi connectivity index (χ4n) is 7.99. The Bertz CT molecular complexity index is 2870. The van der Waals surface area contributed by atoms with E-state index >= 15 is 0 Å². The van der Waals surface area contributed by atoms with E-state index < -0.39 is 20.4 Å². The van der Waals surface area contributed by atoms with Crippen LogP contribution in [0.15, 0.2) is 81.6 Å². The number of aromatic nitrogens is 4. The van der Waals surface area contributed by atoms with Gasteiger partial charge in [-0.1, -0.05) is 57.2 Å². The van der Waals surface area contributed by atoms with E-state index in [4.69, 9.17) is 27.3 Å². The molecule has 0 saturated heterocycles. The molecule has 11 rings (SSSR count). The first-order valence-electron chi connectivity index (χ1n) is 18.1. The van der Waals surface area contributed by atoms with Gasteiger partial charge in [-0.15, -0.1) is 0 Å². The maximum atomic E-state index is 8.62. The van der Waals surface area contributed by atoms with Crippen molar-refractivity contribution in [2.75, 3.05) is 0 Å². The van der Waals surface area contributed by atoms with Crippen LogP contribution in [-0.4, -0.2) is 26.3 Å². The zero-order chi connectivity index (χ0) is 35.1. The molecule has 0 N–H and O–H groups in total. The molecule has 0 radical (unpaired) electrons. The molecule has 45 heavy (non-hydrogen) atoms.